The number of amides is 1. The van der Waals surface area contributed by atoms with Crippen LogP contribution in [0.15, 0.2) is 36.7 Å². The lowest BCUT2D eigenvalue weighted by molar-refractivity contribution is 0.0796. The third kappa shape index (κ3) is 3.77. The average Bonchev–Trinajstić information content (AvgIpc) is 3.30. The van der Waals surface area contributed by atoms with Gasteiger partial charge in [0.2, 0.25) is 0 Å². The number of imidazole rings is 1. The molecule has 3 heterocycles. The molecule has 1 amide bonds. The smallest absolute Gasteiger partial charge is 0.255 e. The summed E-state index contributed by atoms with van der Waals surface area (Å²) in [7, 11) is 1.72. The van der Waals surface area contributed by atoms with E-state index in [2.05, 4.69) is 9.97 Å². The Morgan fingerprint density at radius 2 is 2.20 bits per heavy atom. The predicted octanol–water partition coefficient (Wildman–Crippen LogP) is 4.53. The van der Waals surface area contributed by atoms with Gasteiger partial charge in [-0.05, 0) is 42.9 Å². The Hall–Kier alpha value is -2.58. The number of halogens is 3. The number of rotatable bonds is 5. The lowest BCUT2D eigenvalue weighted by Gasteiger charge is -2.17. The third-order valence-corrected chi connectivity index (χ3v) is 6.07. The monoisotopic (exact) mass is 448 g/mol. The summed E-state index contributed by atoms with van der Waals surface area (Å²) in [6.07, 6.45) is 4.13. The number of carbonyl (C=O) groups excluding carboxylic acids is 1. The predicted molar refractivity (Wildman–Crippen MR) is 112 cm³/mol. The number of hydrogen-bond acceptors (Lipinski definition) is 3. The highest BCUT2D eigenvalue weighted by Gasteiger charge is 2.31. The maximum atomic E-state index is 14.5. The van der Waals surface area contributed by atoms with Gasteiger partial charge >= 0.3 is 0 Å². The van der Waals surface area contributed by atoms with Gasteiger partial charge in [0.15, 0.2) is 4.77 Å². The average molecular weight is 449 g/mol. The standard InChI is InChI=1S/C21H19ClF2N4OS/c1-27(20(29)12-3-2-7-25-10-12)8-6-16-17-9-13(11-28(17)21(30)26-16)18-15(23)5-4-14(22)19(18)24/h2-5,7,10,13H,6,8-9,11H2,1H3,(H,26,30). The Bertz CT molecular complexity index is 1160. The highest BCUT2D eigenvalue weighted by molar-refractivity contribution is 7.71. The molecular weight excluding hydrogens is 430 g/mol. The van der Waals surface area contributed by atoms with Crippen LogP contribution in [0, 0.1) is 16.4 Å². The van der Waals surface area contributed by atoms with Crippen LogP contribution in [0.3, 0.4) is 0 Å². The van der Waals surface area contributed by atoms with E-state index in [1.165, 1.54) is 18.3 Å². The van der Waals surface area contributed by atoms with Crippen LogP contribution >= 0.6 is 23.8 Å². The van der Waals surface area contributed by atoms with Gasteiger partial charge in [0.1, 0.15) is 11.6 Å². The Labute approximate surface area is 182 Å². The molecule has 156 valence electrons. The van der Waals surface area contributed by atoms with Crippen molar-refractivity contribution in [3.05, 3.63) is 80.6 Å². The number of pyridine rings is 1. The maximum absolute atomic E-state index is 14.5. The number of nitrogens with one attached hydrogen (secondary N) is 1. The lowest BCUT2D eigenvalue weighted by Crippen LogP contribution is -2.29. The van der Waals surface area contributed by atoms with Crippen molar-refractivity contribution in [1.82, 2.24) is 19.4 Å². The second-order valence-corrected chi connectivity index (χ2v) is 8.14. The molecule has 9 heteroatoms. The molecule has 1 atom stereocenters. The first kappa shape index (κ1) is 20.7. The van der Waals surface area contributed by atoms with Gasteiger partial charge in [0.05, 0.1) is 10.6 Å². The number of H-pyrrole nitrogens is 1. The van der Waals surface area contributed by atoms with Crippen molar-refractivity contribution in [2.75, 3.05) is 13.6 Å². The molecule has 0 saturated carbocycles. The summed E-state index contributed by atoms with van der Waals surface area (Å²) < 4.78 is 31.2. The van der Waals surface area contributed by atoms with Gasteiger partial charge in [0.25, 0.3) is 5.91 Å². The number of aromatic nitrogens is 3. The number of carbonyl (C=O) groups is 1. The quantitative estimate of drug-likeness (QED) is 0.461. The fourth-order valence-electron chi connectivity index (χ4n) is 3.91. The number of likely N-dealkylation sites (N-methyl/N-ethyl adjacent to an activating group) is 1. The number of hydrogen-bond donors (Lipinski definition) is 1. The molecule has 1 aliphatic heterocycles. The molecule has 30 heavy (non-hydrogen) atoms. The van der Waals surface area contributed by atoms with Crippen molar-refractivity contribution in [3.63, 3.8) is 0 Å². The second-order valence-electron chi connectivity index (χ2n) is 7.34. The molecule has 0 radical (unpaired) electrons. The fraction of sp³-hybridized carbons (Fsp3) is 0.286. The van der Waals surface area contributed by atoms with Crippen LogP contribution in [0.4, 0.5) is 8.78 Å². The van der Waals surface area contributed by atoms with Crippen molar-refractivity contribution in [2.24, 2.45) is 0 Å². The zero-order chi connectivity index (χ0) is 21.4. The number of aromatic amines is 1. The van der Waals surface area contributed by atoms with E-state index in [4.69, 9.17) is 23.8 Å². The minimum absolute atomic E-state index is 0.00424. The Balaban J connectivity index is 1.51. The summed E-state index contributed by atoms with van der Waals surface area (Å²) in [5, 5.41) is -0.0936. The summed E-state index contributed by atoms with van der Waals surface area (Å²) in [6, 6.07) is 5.84. The first-order valence-corrected chi connectivity index (χ1v) is 10.2. The van der Waals surface area contributed by atoms with E-state index in [0.29, 0.717) is 36.3 Å². The molecule has 5 nitrogen and oxygen atoms in total. The Morgan fingerprint density at radius 1 is 1.40 bits per heavy atom. The zero-order valence-electron chi connectivity index (χ0n) is 16.2. The number of nitrogens with zero attached hydrogens (tertiary/aromatic N) is 3. The van der Waals surface area contributed by atoms with Crippen LogP contribution in [0.5, 0.6) is 0 Å². The van der Waals surface area contributed by atoms with Gasteiger partial charge < -0.3 is 14.5 Å². The van der Waals surface area contributed by atoms with Gasteiger partial charge in [-0.2, -0.15) is 0 Å². The Morgan fingerprint density at radius 3 is 2.93 bits per heavy atom. The molecule has 0 bridgehead atoms. The SMILES string of the molecule is CN(CCc1[nH]c(=S)n2c1CC(c1c(F)ccc(Cl)c1F)C2)C(=O)c1cccnc1. The van der Waals surface area contributed by atoms with Crippen molar-refractivity contribution >= 4 is 29.7 Å². The molecular formula is C21H19ClF2N4OS. The van der Waals surface area contributed by atoms with E-state index >= 15 is 0 Å². The second kappa shape index (κ2) is 8.28. The van der Waals surface area contributed by atoms with Crippen LogP contribution < -0.4 is 0 Å². The molecule has 0 fully saturated rings. The molecule has 4 rings (SSSR count). The van der Waals surface area contributed by atoms with Gasteiger partial charge in [0, 0.05) is 61.8 Å². The van der Waals surface area contributed by atoms with E-state index < -0.39 is 11.6 Å². The minimum Gasteiger partial charge on any atom is -0.341 e. The normalized spacial score (nSPS) is 15.3. The summed E-state index contributed by atoms with van der Waals surface area (Å²) in [4.78, 5) is 21.3. The molecule has 1 aromatic carbocycles. The molecule has 0 aliphatic carbocycles. The lowest BCUT2D eigenvalue weighted by atomic mass is 9.95. The van der Waals surface area contributed by atoms with Crippen LogP contribution in [-0.4, -0.2) is 38.9 Å². The van der Waals surface area contributed by atoms with Gasteiger partial charge in [-0.25, -0.2) is 8.78 Å². The van der Waals surface area contributed by atoms with E-state index in [1.54, 1.807) is 30.3 Å². The van der Waals surface area contributed by atoms with Crippen molar-refractivity contribution in [2.45, 2.75) is 25.3 Å². The van der Waals surface area contributed by atoms with Crippen LogP contribution in [-0.2, 0) is 19.4 Å². The van der Waals surface area contributed by atoms with Crippen LogP contribution in [0.2, 0.25) is 5.02 Å². The minimum atomic E-state index is -0.717. The highest BCUT2D eigenvalue weighted by Crippen LogP contribution is 2.36. The molecule has 0 spiro atoms. The number of fused-ring (bicyclic) bond motifs is 1. The van der Waals surface area contributed by atoms with Gasteiger partial charge in [-0.1, -0.05) is 11.6 Å². The van der Waals surface area contributed by atoms with Crippen molar-refractivity contribution in [1.29, 1.82) is 0 Å². The molecule has 1 N–H and O–H groups in total. The summed E-state index contributed by atoms with van der Waals surface area (Å²) in [6.45, 7) is 0.837. The molecule has 2 aromatic heterocycles. The van der Waals surface area contributed by atoms with E-state index in [-0.39, 0.29) is 22.4 Å². The largest absolute Gasteiger partial charge is 0.341 e. The Kier molecular flexibility index (Phi) is 5.71. The van der Waals surface area contributed by atoms with Crippen molar-refractivity contribution in [3.8, 4) is 0 Å². The fourth-order valence-corrected chi connectivity index (χ4v) is 4.38. The first-order chi connectivity index (χ1) is 14.4. The topological polar surface area (TPSA) is 53.9 Å². The van der Waals surface area contributed by atoms with E-state index in [0.717, 1.165) is 11.4 Å². The van der Waals surface area contributed by atoms with Crippen LogP contribution in [0.1, 0.15) is 33.2 Å². The third-order valence-electron chi connectivity index (χ3n) is 5.46. The summed E-state index contributed by atoms with van der Waals surface area (Å²) >= 11 is 11.3. The molecule has 1 aliphatic rings. The maximum Gasteiger partial charge on any atom is 0.255 e. The molecule has 3 aromatic rings. The van der Waals surface area contributed by atoms with Crippen molar-refractivity contribution < 1.29 is 13.6 Å². The zero-order valence-corrected chi connectivity index (χ0v) is 17.7. The molecule has 0 saturated heterocycles. The van der Waals surface area contributed by atoms with Crippen LogP contribution in [0.25, 0.3) is 0 Å². The summed E-state index contributed by atoms with van der Waals surface area (Å²) in [5.41, 5.74) is 2.29. The molecule has 1 unspecified atom stereocenters. The highest BCUT2D eigenvalue weighted by atomic mass is 35.5. The summed E-state index contributed by atoms with van der Waals surface area (Å²) in [5.74, 6) is -1.83. The van der Waals surface area contributed by atoms with E-state index in [9.17, 15) is 13.6 Å². The number of benzene rings is 1. The van der Waals surface area contributed by atoms with Gasteiger partial charge in [-0.15, -0.1) is 0 Å². The first-order valence-electron chi connectivity index (χ1n) is 9.46. The van der Waals surface area contributed by atoms with E-state index in [1.807, 2.05) is 4.57 Å². The van der Waals surface area contributed by atoms with Gasteiger partial charge in [-0.3, -0.25) is 9.78 Å².